The van der Waals surface area contributed by atoms with E-state index in [4.69, 9.17) is 4.42 Å². The molecule has 3 nitrogen and oxygen atoms in total. The molecule has 1 aromatic heterocycles. The average Bonchev–Trinajstić information content (AvgIpc) is 2.94. The Morgan fingerprint density at radius 3 is 2.85 bits per heavy atom. The lowest BCUT2D eigenvalue weighted by Crippen LogP contribution is -2.27. The standard InChI is InChI=1S/C16H20FNO2/c1-11-5-6-14(17)13(8-11)10-18-12(2)9-15(19)16-4-3-7-20-16/h3-8,12,15,18-19H,9-10H2,1-2H3. The third kappa shape index (κ3) is 3.92. The molecule has 0 aliphatic carbocycles. The molecule has 0 aliphatic rings. The van der Waals surface area contributed by atoms with E-state index >= 15 is 0 Å². The monoisotopic (exact) mass is 277 g/mol. The van der Waals surface area contributed by atoms with E-state index in [9.17, 15) is 9.50 Å². The molecule has 0 saturated carbocycles. The highest BCUT2D eigenvalue weighted by Gasteiger charge is 2.14. The molecule has 0 bridgehead atoms. The zero-order chi connectivity index (χ0) is 14.5. The lowest BCUT2D eigenvalue weighted by atomic mass is 10.1. The highest BCUT2D eigenvalue weighted by Crippen LogP contribution is 2.19. The fourth-order valence-corrected chi connectivity index (χ4v) is 2.14. The summed E-state index contributed by atoms with van der Waals surface area (Å²) >= 11 is 0. The Bertz CT molecular complexity index is 539. The SMILES string of the molecule is Cc1ccc(F)c(CNC(C)CC(O)c2ccco2)c1. The van der Waals surface area contributed by atoms with Crippen LogP contribution in [0, 0.1) is 12.7 Å². The molecule has 0 amide bonds. The van der Waals surface area contributed by atoms with Crippen molar-refractivity contribution < 1.29 is 13.9 Å². The van der Waals surface area contributed by atoms with Crippen LogP contribution in [0.2, 0.25) is 0 Å². The highest BCUT2D eigenvalue weighted by atomic mass is 19.1. The predicted octanol–water partition coefficient (Wildman–Crippen LogP) is 3.33. The quantitative estimate of drug-likeness (QED) is 0.851. The largest absolute Gasteiger partial charge is 0.467 e. The molecular formula is C16H20FNO2. The van der Waals surface area contributed by atoms with E-state index in [2.05, 4.69) is 5.32 Å². The number of benzene rings is 1. The molecular weight excluding hydrogens is 257 g/mol. The van der Waals surface area contributed by atoms with Crippen molar-refractivity contribution in [1.29, 1.82) is 0 Å². The van der Waals surface area contributed by atoms with Crippen LogP contribution < -0.4 is 5.32 Å². The Balaban J connectivity index is 1.86. The normalized spacial score (nSPS) is 14.2. The van der Waals surface area contributed by atoms with Crippen molar-refractivity contribution in [1.82, 2.24) is 5.32 Å². The maximum Gasteiger partial charge on any atom is 0.132 e. The summed E-state index contributed by atoms with van der Waals surface area (Å²) in [7, 11) is 0. The van der Waals surface area contributed by atoms with Crippen molar-refractivity contribution in [3.05, 3.63) is 59.3 Å². The van der Waals surface area contributed by atoms with Crippen LogP contribution in [0.25, 0.3) is 0 Å². The molecule has 0 saturated heterocycles. The Hall–Kier alpha value is -1.65. The molecule has 20 heavy (non-hydrogen) atoms. The zero-order valence-electron chi connectivity index (χ0n) is 11.8. The first-order valence-electron chi connectivity index (χ1n) is 6.76. The van der Waals surface area contributed by atoms with E-state index in [1.807, 2.05) is 19.9 Å². The van der Waals surface area contributed by atoms with Gasteiger partial charge in [-0.25, -0.2) is 4.39 Å². The number of hydrogen-bond acceptors (Lipinski definition) is 3. The van der Waals surface area contributed by atoms with Crippen molar-refractivity contribution in [2.45, 2.75) is 39.0 Å². The van der Waals surface area contributed by atoms with E-state index in [1.54, 1.807) is 24.5 Å². The van der Waals surface area contributed by atoms with Crippen LogP contribution in [0.5, 0.6) is 0 Å². The Morgan fingerprint density at radius 1 is 1.35 bits per heavy atom. The fourth-order valence-electron chi connectivity index (χ4n) is 2.14. The van der Waals surface area contributed by atoms with Gasteiger partial charge in [-0.15, -0.1) is 0 Å². The van der Waals surface area contributed by atoms with Crippen LogP contribution in [0.3, 0.4) is 0 Å². The lowest BCUT2D eigenvalue weighted by Gasteiger charge is -2.17. The molecule has 108 valence electrons. The van der Waals surface area contributed by atoms with Crippen LogP contribution >= 0.6 is 0 Å². The summed E-state index contributed by atoms with van der Waals surface area (Å²) in [6.45, 7) is 4.34. The van der Waals surface area contributed by atoms with Crippen LogP contribution in [0.1, 0.15) is 36.3 Å². The summed E-state index contributed by atoms with van der Waals surface area (Å²) in [4.78, 5) is 0. The van der Waals surface area contributed by atoms with E-state index < -0.39 is 6.10 Å². The van der Waals surface area contributed by atoms with E-state index in [1.165, 1.54) is 6.07 Å². The summed E-state index contributed by atoms with van der Waals surface area (Å²) in [5.74, 6) is 0.349. The van der Waals surface area contributed by atoms with Gasteiger partial charge in [0, 0.05) is 18.2 Å². The maximum atomic E-state index is 13.6. The molecule has 2 aromatic rings. The van der Waals surface area contributed by atoms with Gasteiger partial charge in [0.15, 0.2) is 0 Å². The summed E-state index contributed by atoms with van der Waals surface area (Å²) in [5, 5.41) is 13.2. The van der Waals surface area contributed by atoms with Gasteiger partial charge in [-0.2, -0.15) is 0 Å². The Kier molecular flexibility index (Phi) is 4.93. The number of aliphatic hydroxyl groups excluding tert-OH is 1. The van der Waals surface area contributed by atoms with Crippen LogP contribution in [0.4, 0.5) is 4.39 Å². The fraction of sp³-hybridized carbons (Fsp3) is 0.375. The minimum atomic E-state index is -0.644. The molecule has 1 aromatic carbocycles. The average molecular weight is 277 g/mol. The molecule has 2 atom stereocenters. The van der Waals surface area contributed by atoms with Crippen LogP contribution in [0.15, 0.2) is 41.0 Å². The minimum Gasteiger partial charge on any atom is -0.467 e. The number of aryl methyl sites for hydroxylation is 1. The summed E-state index contributed by atoms with van der Waals surface area (Å²) in [5.41, 5.74) is 1.68. The topological polar surface area (TPSA) is 45.4 Å². The summed E-state index contributed by atoms with van der Waals surface area (Å²) in [6.07, 6.45) is 1.41. The van der Waals surface area contributed by atoms with Crippen molar-refractivity contribution in [2.24, 2.45) is 0 Å². The molecule has 2 N–H and O–H groups in total. The minimum absolute atomic E-state index is 0.0509. The van der Waals surface area contributed by atoms with Gasteiger partial charge in [0.25, 0.3) is 0 Å². The third-order valence-electron chi connectivity index (χ3n) is 3.29. The van der Waals surface area contributed by atoms with Crippen LogP contribution in [-0.4, -0.2) is 11.1 Å². The molecule has 1 heterocycles. The second-order valence-corrected chi connectivity index (χ2v) is 5.14. The lowest BCUT2D eigenvalue weighted by molar-refractivity contribution is 0.128. The van der Waals surface area contributed by atoms with Gasteiger partial charge in [-0.3, -0.25) is 0 Å². The van der Waals surface area contributed by atoms with Crippen molar-refractivity contribution in [2.75, 3.05) is 0 Å². The van der Waals surface area contributed by atoms with Gasteiger partial charge < -0.3 is 14.8 Å². The maximum absolute atomic E-state index is 13.6. The third-order valence-corrected chi connectivity index (χ3v) is 3.29. The second kappa shape index (κ2) is 6.68. The van der Waals surface area contributed by atoms with Gasteiger partial charge in [0.1, 0.15) is 17.7 Å². The summed E-state index contributed by atoms with van der Waals surface area (Å²) < 4.78 is 18.8. The number of furan rings is 1. The molecule has 0 spiro atoms. The van der Waals surface area contributed by atoms with E-state index in [0.29, 0.717) is 24.3 Å². The molecule has 0 aliphatic heterocycles. The van der Waals surface area contributed by atoms with Gasteiger partial charge in [-0.05, 0) is 38.5 Å². The summed E-state index contributed by atoms with van der Waals surface area (Å²) in [6, 6.07) is 8.61. The first-order chi connectivity index (χ1) is 9.56. The van der Waals surface area contributed by atoms with E-state index in [-0.39, 0.29) is 11.9 Å². The molecule has 2 rings (SSSR count). The van der Waals surface area contributed by atoms with Crippen molar-refractivity contribution >= 4 is 0 Å². The molecule has 0 radical (unpaired) electrons. The Labute approximate surface area is 118 Å². The smallest absolute Gasteiger partial charge is 0.132 e. The highest BCUT2D eigenvalue weighted by molar-refractivity contribution is 5.23. The number of aliphatic hydroxyl groups is 1. The molecule has 0 fully saturated rings. The van der Waals surface area contributed by atoms with Crippen molar-refractivity contribution in [3.63, 3.8) is 0 Å². The Morgan fingerprint density at radius 2 is 2.15 bits per heavy atom. The molecule has 4 heteroatoms. The number of hydrogen-bond donors (Lipinski definition) is 2. The van der Waals surface area contributed by atoms with Gasteiger partial charge in [-0.1, -0.05) is 17.7 Å². The van der Waals surface area contributed by atoms with E-state index in [0.717, 1.165) is 5.56 Å². The van der Waals surface area contributed by atoms with Crippen molar-refractivity contribution in [3.8, 4) is 0 Å². The van der Waals surface area contributed by atoms with Gasteiger partial charge in [0.2, 0.25) is 0 Å². The first-order valence-corrected chi connectivity index (χ1v) is 6.76. The van der Waals surface area contributed by atoms with Gasteiger partial charge in [0.05, 0.1) is 6.26 Å². The predicted molar refractivity (Wildman–Crippen MR) is 75.7 cm³/mol. The van der Waals surface area contributed by atoms with Gasteiger partial charge >= 0.3 is 0 Å². The number of rotatable bonds is 6. The first kappa shape index (κ1) is 14.8. The zero-order valence-corrected chi connectivity index (χ0v) is 11.8. The number of halogens is 1. The second-order valence-electron chi connectivity index (χ2n) is 5.14. The number of nitrogens with one attached hydrogen (secondary N) is 1. The molecule has 2 unspecified atom stereocenters. The van der Waals surface area contributed by atoms with Crippen LogP contribution in [-0.2, 0) is 6.54 Å².